The highest BCUT2D eigenvalue weighted by Crippen LogP contribution is 2.24. The third-order valence-corrected chi connectivity index (χ3v) is 3.52. The molecule has 0 saturated heterocycles. The van der Waals surface area contributed by atoms with Gasteiger partial charge in [-0.1, -0.05) is 24.3 Å². The average Bonchev–Trinajstić information content (AvgIpc) is 2.33. The van der Waals surface area contributed by atoms with Crippen LogP contribution in [0.1, 0.15) is 0 Å². The molecule has 2 N–H and O–H groups in total. The molecule has 0 fully saturated rings. The molecule has 5 heteroatoms. The standard InChI is InChI=1S/C12H10NO3S/c14-12-9-5-4-8-11(12)13-17(15,16)10-6-2-1-3-7-10/h1-3,5-9,13-14H. The Kier molecular flexibility index (Phi) is 3.01. The van der Waals surface area contributed by atoms with Gasteiger partial charge in [0.2, 0.25) is 0 Å². The number of hydrogen-bond acceptors (Lipinski definition) is 3. The number of benzene rings is 2. The molecule has 4 nitrogen and oxygen atoms in total. The smallest absolute Gasteiger partial charge is 0.262 e. The van der Waals surface area contributed by atoms with E-state index in [2.05, 4.69) is 10.8 Å². The third kappa shape index (κ3) is 2.57. The van der Waals surface area contributed by atoms with Crippen molar-refractivity contribution in [2.45, 2.75) is 4.90 Å². The van der Waals surface area contributed by atoms with E-state index in [1.165, 1.54) is 30.3 Å². The highest BCUT2D eigenvalue weighted by molar-refractivity contribution is 7.92. The fraction of sp³-hybridized carbons (Fsp3) is 0. The van der Waals surface area contributed by atoms with E-state index < -0.39 is 10.0 Å². The quantitative estimate of drug-likeness (QED) is 0.816. The first-order valence-electron chi connectivity index (χ1n) is 4.86. The van der Waals surface area contributed by atoms with Crippen molar-refractivity contribution in [3.05, 3.63) is 54.6 Å². The van der Waals surface area contributed by atoms with Crippen LogP contribution < -0.4 is 4.72 Å². The maximum absolute atomic E-state index is 11.9. The summed E-state index contributed by atoms with van der Waals surface area (Å²) in [5.41, 5.74) is 0.108. The lowest BCUT2D eigenvalue weighted by molar-refractivity contribution is 0.477. The summed E-state index contributed by atoms with van der Waals surface area (Å²) < 4.78 is 26.1. The lowest BCUT2D eigenvalue weighted by Gasteiger charge is -2.08. The van der Waals surface area contributed by atoms with Crippen molar-refractivity contribution in [1.29, 1.82) is 0 Å². The summed E-state index contributed by atoms with van der Waals surface area (Å²) in [6.45, 7) is 0. The van der Waals surface area contributed by atoms with Crippen LogP contribution in [0.15, 0.2) is 53.4 Å². The van der Waals surface area contributed by atoms with Gasteiger partial charge in [0.05, 0.1) is 10.6 Å². The molecule has 0 aliphatic heterocycles. The van der Waals surface area contributed by atoms with Gasteiger partial charge in [0.15, 0.2) is 0 Å². The van der Waals surface area contributed by atoms with Gasteiger partial charge in [0, 0.05) is 0 Å². The number of phenols is 1. The van der Waals surface area contributed by atoms with Gasteiger partial charge in [-0.25, -0.2) is 8.42 Å². The number of phenolic OH excluding ortho intramolecular Hbond substituents is 1. The van der Waals surface area contributed by atoms with Crippen molar-refractivity contribution in [3.8, 4) is 5.75 Å². The van der Waals surface area contributed by atoms with Crippen molar-refractivity contribution in [2.75, 3.05) is 4.72 Å². The monoisotopic (exact) mass is 248 g/mol. The Labute approximate surface area is 99.6 Å². The van der Waals surface area contributed by atoms with E-state index in [1.807, 2.05) is 0 Å². The van der Waals surface area contributed by atoms with Crippen molar-refractivity contribution in [2.24, 2.45) is 0 Å². The van der Waals surface area contributed by atoms with Crippen molar-refractivity contribution < 1.29 is 13.5 Å². The molecule has 0 bridgehead atoms. The first kappa shape index (κ1) is 11.5. The van der Waals surface area contributed by atoms with Crippen LogP contribution in [0.5, 0.6) is 5.75 Å². The number of nitrogens with one attached hydrogen (secondary N) is 1. The summed E-state index contributed by atoms with van der Waals surface area (Å²) in [6.07, 6.45) is 0. The molecule has 0 spiro atoms. The van der Waals surface area contributed by atoms with Crippen LogP contribution in [0.3, 0.4) is 0 Å². The van der Waals surface area contributed by atoms with Gasteiger partial charge in [-0.05, 0) is 30.3 Å². The molecule has 2 aromatic carbocycles. The van der Waals surface area contributed by atoms with Gasteiger partial charge >= 0.3 is 0 Å². The minimum absolute atomic E-state index is 0.108. The highest BCUT2D eigenvalue weighted by atomic mass is 32.2. The van der Waals surface area contributed by atoms with E-state index in [1.54, 1.807) is 18.2 Å². The second-order valence-electron chi connectivity index (χ2n) is 3.36. The maximum Gasteiger partial charge on any atom is 0.262 e. The minimum atomic E-state index is -3.67. The van der Waals surface area contributed by atoms with Gasteiger partial charge in [0.25, 0.3) is 10.0 Å². The largest absolute Gasteiger partial charge is 0.506 e. The third-order valence-electron chi connectivity index (χ3n) is 2.14. The lowest BCUT2D eigenvalue weighted by Crippen LogP contribution is -2.12. The number of aromatic hydroxyl groups is 1. The molecule has 87 valence electrons. The Morgan fingerprint density at radius 2 is 1.82 bits per heavy atom. The fourth-order valence-electron chi connectivity index (χ4n) is 1.31. The van der Waals surface area contributed by atoms with Gasteiger partial charge in [0.1, 0.15) is 5.75 Å². The van der Waals surface area contributed by atoms with E-state index in [0.29, 0.717) is 0 Å². The van der Waals surface area contributed by atoms with Crippen LogP contribution in [-0.2, 0) is 10.0 Å². The van der Waals surface area contributed by atoms with E-state index in [0.717, 1.165) is 0 Å². The molecule has 0 atom stereocenters. The molecule has 1 radical (unpaired) electrons. The fourth-order valence-corrected chi connectivity index (χ4v) is 2.39. The molecule has 0 heterocycles. The van der Waals surface area contributed by atoms with Crippen LogP contribution in [-0.4, -0.2) is 13.5 Å². The molecule has 0 aliphatic rings. The lowest BCUT2D eigenvalue weighted by atomic mass is 10.3. The molecule has 0 aromatic heterocycles. The molecule has 2 rings (SSSR count). The number of hydrogen-bond donors (Lipinski definition) is 2. The van der Waals surface area contributed by atoms with Gasteiger partial charge in [-0.15, -0.1) is 0 Å². The Morgan fingerprint density at radius 3 is 2.47 bits per heavy atom. The molecular weight excluding hydrogens is 238 g/mol. The normalized spacial score (nSPS) is 11.1. The second kappa shape index (κ2) is 4.47. The summed E-state index contributed by atoms with van der Waals surface area (Å²) in [5, 5.41) is 9.47. The van der Waals surface area contributed by atoms with Crippen molar-refractivity contribution >= 4 is 15.7 Å². The van der Waals surface area contributed by atoms with Crippen molar-refractivity contribution in [3.63, 3.8) is 0 Å². The molecule has 0 aliphatic carbocycles. The minimum Gasteiger partial charge on any atom is -0.506 e. The molecule has 0 unspecified atom stereocenters. The van der Waals surface area contributed by atoms with E-state index in [-0.39, 0.29) is 16.3 Å². The summed E-state index contributed by atoms with van der Waals surface area (Å²) in [7, 11) is -3.67. The summed E-state index contributed by atoms with van der Waals surface area (Å²) >= 11 is 0. The first-order chi connectivity index (χ1) is 8.09. The number of anilines is 1. The molecule has 0 saturated carbocycles. The van der Waals surface area contributed by atoms with E-state index in [4.69, 9.17) is 0 Å². The van der Waals surface area contributed by atoms with Crippen LogP contribution in [0.4, 0.5) is 5.69 Å². The molecule has 2 aromatic rings. The maximum atomic E-state index is 11.9. The summed E-state index contributed by atoms with van der Waals surface area (Å²) in [5.74, 6) is -0.136. The summed E-state index contributed by atoms with van der Waals surface area (Å²) in [6, 6.07) is 14.9. The molecular formula is C12H10NO3S. The van der Waals surface area contributed by atoms with Gasteiger partial charge in [-0.2, -0.15) is 0 Å². The predicted molar refractivity (Wildman–Crippen MR) is 64.2 cm³/mol. The van der Waals surface area contributed by atoms with Crippen LogP contribution in [0.25, 0.3) is 0 Å². The van der Waals surface area contributed by atoms with Gasteiger partial charge in [-0.3, -0.25) is 4.72 Å². The Balaban J connectivity index is 2.34. The predicted octanol–water partition coefficient (Wildman–Crippen LogP) is 1.99. The Hall–Kier alpha value is -2.01. The number of sulfonamides is 1. The van der Waals surface area contributed by atoms with Crippen LogP contribution in [0, 0.1) is 6.07 Å². The highest BCUT2D eigenvalue weighted by Gasteiger charge is 2.14. The SMILES string of the molecule is O=S(=O)(Nc1c[c]ccc1O)c1ccccc1. The average molecular weight is 248 g/mol. The molecule has 0 amide bonds. The second-order valence-corrected chi connectivity index (χ2v) is 5.04. The summed E-state index contributed by atoms with van der Waals surface area (Å²) in [4.78, 5) is 0.142. The van der Waals surface area contributed by atoms with Crippen LogP contribution in [0.2, 0.25) is 0 Å². The number of rotatable bonds is 3. The zero-order chi connectivity index (χ0) is 12.3. The zero-order valence-electron chi connectivity index (χ0n) is 8.79. The topological polar surface area (TPSA) is 66.4 Å². The zero-order valence-corrected chi connectivity index (χ0v) is 9.61. The van der Waals surface area contributed by atoms with E-state index >= 15 is 0 Å². The van der Waals surface area contributed by atoms with Crippen molar-refractivity contribution in [1.82, 2.24) is 0 Å². The first-order valence-corrected chi connectivity index (χ1v) is 6.35. The van der Waals surface area contributed by atoms with E-state index in [9.17, 15) is 13.5 Å². The Morgan fingerprint density at radius 1 is 1.12 bits per heavy atom. The Bertz CT molecular complexity index is 609. The van der Waals surface area contributed by atoms with Crippen LogP contribution >= 0.6 is 0 Å². The van der Waals surface area contributed by atoms with Gasteiger partial charge < -0.3 is 5.11 Å². The molecule has 17 heavy (non-hydrogen) atoms.